The van der Waals surface area contributed by atoms with Gasteiger partial charge in [0.25, 0.3) is 0 Å². The molecule has 196 valence electrons. The average molecular weight is 488 g/mol. The summed E-state index contributed by atoms with van der Waals surface area (Å²) in [7, 11) is 0. The number of nitrogens with one attached hydrogen (secondary N) is 3. The molecule has 0 aromatic rings. The normalized spacial score (nSPS) is 15.5. The van der Waals surface area contributed by atoms with Crippen LogP contribution in [0.25, 0.3) is 0 Å². The molecule has 0 saturated carbocycles. The first-order valence-electron chi connectivity index (χ1n) is 11.6. The third-order valence-electron chi connectivity index (χ3n) is 5.43. The molecule has 12 nitrogen and oxygen atoms in total. The van der Waals surface area contributed by atoms with E-state index in [0.29, 0.717) is 32.2 Å². The van der Waals surface area contributed by atoms with Gasteiger partial charge >= 0.3 is 11.9 Å². The second kappa shape index (κ2) is 16.0. The molecule has 3 amide bonds. The lowest BCUT2D eigenvalue weighted by Crippen LogP contribution is -2.58. The number of amides is 3. The Balaban J connectivity index is 5.49. The highest BCUT2D eigenvalue weighted by atomic mass is 16.4. The van der Waals surface area contributed by atoms with Gasteiger partial charge < -0.3 is 37.6 Å². The van der Waals surface area contributed by atoms with E-state index in [2.05, 4.69) is 16.0 Å². The van der Waals surface area contributed by atoms with Gasteiger partial charge in [-0.15, -0.1) is 0 Å². The van der Waals surface area contributed by atoms with Gasteiger partial charge in [-0.3, -0.25) is 19.2 Å². The van der Waals surface area contributed by atoms with Crippen LogP contribution >= 0.6 is 0 Å². The lowest BCUT2D eigenvalue weighted by molar-refractivity contribution is -0.144. The Labute approximate surface area is 200 Å². The Kier molecular flexibility index (Phi) is 14.7. The summed E-state index contributed by atoms with van der Waals surface area (Å²) in [6, 6.07) is -4.68. The summed E-state index contributed by atoms with van der Waals surface area (Å²) in [5.41, 5.74) is 11.3. The van der Waals surface area contributed by atoms with E-state index in [1.165, 1.54) is 0 Å². The molecule has 0 aliphatic carbocycles. The van der Waals surface area contributed by atoms with Gasteiger partial charge in [0.05, 0.1) is 12.5 Å². The number of carbonyl (C=O) groups excluding carboxylic acids is 3. The van der Waals surface area contributed by atoms with Gasteiger partial charge in [-0.1, -0.05) is 40.5 Å². The molecular formula is C22H41N5O7. The molecule has 12 heteroatoms. The number of rotatable bonds is 17. The van der Waals surface area contributed by atoms with Crippen molar-refractivity contribution in [1.82, 2.24) is 16.0 Å². The Morgan fingerprint density at radius 1 is 0.853 bits per heavy atom. The number of nitrogens with two attached hydrogens (primary N) is 2. The number of aliphatic carboxylic acids is 2. The topological polar surface area (TPSA) is 214 Å². The highest BCUT2D eigenvalue weighted by molar-refractivity contribution is 5.95. The first-order chi connectivity index (χ1) is 15.8. The predicted octanol–water partition coefficient (Wildman–Crippen LogP) is -0.451. The summed E-state index contributed by atoms with van der Waals surface area (Å²) in [6.45, 7) is 7.52. The van der Waals surface area contributed by atoms with Crippen molar-refractivity contribution in [2.75, 3.05) is 6.54 Å². The molecule has 34 heavy (non-hydrogen) atoms. The molecule has 0 saturated heterocycles. The minimum atomic E-state index is -1.53. The lowest BCUT2D eigenvalue weighted by atomic mass is 9.98. The zero-order valence-corrected chi connectivity index (χ0v) is 20.5. The number of carbonyl (C=O) groups is 5. The number of carboxylic acid groups (broad SMARTS) is 2. The van der Waals surface area contributed by atoms with E-state index in [1.807, 2.05) is 13.8 Å². The highest BCUT2D eigenvalue weighted by Crippen LogP contribution is 2.10. The van der Waals surface area contributed by atoms with Crippen LogP contribution in [0.5, 0.6) is 0 Å². The van der Waals surface area contributed by atoms with Crippen LogP contribution < -0.4 is 27.4 Å². The number of hydrogen-bond donors (Lipinski definition) is 7. The molecular weight excluding hydrogens is 446 g/mol. The Morgan fingerprint density at radius 3 is 1.88 bits per heavy atom. The average Bonchev–Trinajstić information content (AvgIpc) is 2.74. The van der Waals surface area contributed by atoms with Crippen LogP contribution in [-0.4, -0.2) is 70.6 Å². The van der Waals surface area contributed by atoms with E-state index < -0.39 is 66.2 Å². The lowest BCUT2D eigenvalue weighted by Gasteiger charge is -2.26. The summed E-state index contributed by atoms with van der Waals surface area (Å²) < 4.78 is 0. The van der Waals surface area contributed by atoms with Crippen LogP contribution in [-0.2, 0) is 24.0 Å². The van der Waals surface area contributed by atoms with E-state index in [4.69, 9.17) is 11.5 Å². The zero-order chi connectivity index (χ0) is 26.4. The summed E-state index contributed by atoms with van der Waals surface area (Å²) in [5, 5.41) is 25.9. The number of hydrogen-bond acceptors (Lipinski definition) is 7. The van der Waals surface area contributed by atoms with Gasteiger partial charge in [0.15, 0.2) is 0 Å². The summed E-state index contributed by atoms with van der Waals surface area (Å²) in [5.74, 6) is -5.29. The third kappa shape index (κ3) is 11.9. The van der Waals surface area contributed by atoms with Crippen molar-refractivity contribution in [2.24, 2.45) is 23.3 Å². The molecule has 0 aromatic heterocycles. The van der Waals surface area contributed by atoms with Crippen LogP contribution in [0.2, 0.25) is 0 Å². The van der Waals surface area contributed by atoms with E-state index in [1.54, 1.807) is 13.8 Å². The quantitative estimate of drug-likeness (QED) is 0.132. The fourth-order valence-electron chi connectivity index (χ4n) is 3.21. The van der Waals surface area contributed by atoms with Gasteiger partial charge in [0.2, 0.25) is 17.7 Å². The molecule has 0 bridgehead atoms. The first-order valence-corrected chi connectivity index (χ1v) is 11.6. The molecule has 9 N–H and O–H groups in total. The Bertz CT molecular complexity index is 701. The Morgan fingerprint density at radius 2 is 1.41 bits per heavy atom. The molecule has 0 aliphatic heterocycles. The fourth-order valence-corrected chi connectivity index (χ4v) is 3.21. The van der Waals surface area contributed by atoms with Crippen LogP contribution in [0, 0.1) is 11.8 Å². The molecule has 5 unspecified atom stereocenters. The van der Waals surface area contributed by atoms with Crippen molar-refractivity contribution in [2.45, 2.75) is 90.4 Å². The predicted molar refractivity (Wildman–Crippen MR) is 125 cm³/mol. The molecule has 0 aliphatic rings. The maximum Gasteiger partial charge on any atom is 0.326 e. The van der Waals surface area contributed by atoms with E-state index in [-0.39, 0.29) is 12.3 Å². The van der Waals surface area contributed by atoms with Gasteiger partial charge in [-0.2, -0.15) is 0 Å². The van der Waals surface area contributed by atoms with E-state index in [9.17, 15) is 34.2 Å². The fraction of sp³-hybridized carbons (Fsp3) is 0.773. The molecule has 0 heterocycles. The van der Waals surface area contributed by atoms with Crippen LogP contribution in [0.4, 0.5) is 0 Å². The van der Waals surface area contributed by atoms with Crippen LogP contribution in [0.3, 0.4) is 0 Å². The van der Waals surface area contributed by atoms with Crippen molar-refractivity contribution >= 4 is 29.7 Å². The third-order valence-corrected chi connectivity index (χ3v) is 5.43. The summed E-state index contributed by atoms with van der Waals surface area (Å²) in [6.07, 6.45) is 1.66. The summed E-state index contributed by atoms with van der Waals surface area (Å²) in [4.78, 5) is 60.9. The first kappa shape index (κ1) is 31.3. The van der Waals surface area contributed by atoms with Gasteiger partial charge in [0, 0.05) is 0 Å². The maximum atomic E-state index is 12.9. The van der Waals surface area contributed by atoms with Crippen molar-refractivity contribution in [3.05, 3.63) is 0 Å². The molecule has 5 atom stereocenters. The number of carboxylic acids is 2. The second-order valence-corrected chi connectivity index (χ2v) is 8.95. The molecule has 0 fully saturated rings. The van der Waals surface area contributed by atoms with E-state index >= 15 is 0 Å². The van der Waals surface area contributed by atoms with Gasteiger partial charge in [0.1, 0.15) is 18.1 Å². The van der Waals surface area contributed by atoms with Crippen molar-refractivity contribution in [1.29, 1.82) is 0 Å². The van der Waals surface area contributed by atoms with Crippen molar-refractivity contribution < 1.29 is 34.2 Å². The van der Waals surface area contributed by atoms with Gasteiger partial charge in [-0.05, 0) is 37.6 Å². The van der Waals surface area contributed by atoms with Gasteiger partial charge in [-0.25, -0.2) is 4.79 Å². The summed E-state index contributed by atoms with van der Waals surface area (Å²) >= 11 is 0. The number of unbranched alkanes of at least 4 members (excludes halogenated alkanes) is 1. The molecule has 0 radical (unpaired) electrons. The largest absolute Gasteiger partial charge is 0.481 e. The second-order valence-electron chi connectivity index (χ2n) is 8.95. The minimum absolute atomic E-state index is 0.0157. The standard InChI is InChI=1S/C22H41N5O7/c1-5-13(4)18(22(33)34)27-21(32)16(11-17(28)29)26-20(31)15(10-12(2)3)25-19(30)14(24)8-6-7-9-23/h12-16,18H,5-11,23-24H2,1-4H3,(H,25,30)(H,26,31)(H,27,32)(H,28,29)(H,33,34). The minimum Gasteiger partial charge on any atom is -0.481 e. The molecule has 0 aromatic carbocycles. The monoisotopic (exact) mass is 487 g/mol. The molecule has 0 spiro atoms. The SMILES string of the molecule is CCC(C)C(NC(=O)C(CC(=O)O)NC(=O)C(CC(C)C)NC(=O)C(N)CCCCN)C(=O)O. The van der Waals surface area contributed by atoms with Crippen LogP contribution in [0.15, 0.2) is 0 Å². The smallest absolute Gasteiger partial charge is 0.326 e. The Hall–Kier alpha value is -2.73. The van der Waals surface area contributed by atoms with Crippen molar-refractivity contribution in [3.8, 4) is 0 Å². The van der Waals surface area contributed by atoms with Crippen LogP contribution in [0.1, 0.15) is 66.2 Å². The maximum absolute atomic E-state index is 12.9. The van der Waals surface area contributed by atoms with E-state index in [0.717, 1.165) is 0 Å². The van der Waals surface area contributed by atoms with Crippen molar-refractivity contribution in [3.63, 3.8) is 0 Å². The zero-order valence-electron chi connectivity index (χ0n) is 20.5. The highest BCUT2D eigenvalue weighted by Gasteiger charge is 2.33. The molecule has 0 rings (SSSR count).